The Kier molecular flexibility index (Phi) is 4.69. The number of rotatable bonds is 4. The number of anilines is 1. The fraction of sp³-hybridized carbons (Fsp3) is 0. The molecule has 0 saturated carbocycles. The third-order valence-electron chi connectivity index (χ3n) is 3.18. The van der Waals surface area contributed by atoms with Crippen LogP contribution in [-0.4, -0.2) is 15.8 Å². The second-order valence-corrected chi connectivity index (χ2v) is 5.77. The summed E-state index contributed by atoms with van der Waals surface area (Å²) in [6.07, 6.45) is 2.70. The molecule has 1 heterocycles. The number of nitro benzene ring substituents is 1. The standard InChI is InChI=1S/C16H9Cl2N3O4/c17-10-3-5-14-12(8-10)19-16(25-14)20-15(22)6-2-9-1-4-13(21(23)24)11(18)7-9/h1-8H,(H,19,20,22). The van der Waals surface area contributed by atoms with E-state index in [1.807, 2.05) is 0 Å². The van der Waals surface area contributed by atoms with Crippen LogP contribution in [0.3, 0.4) is 0 Å². The largest absolute Gasteiger partial charge is 0.423 e. The van der Waals surface area contributed by atoms with Crippen molar-refractivity contribution in [1.29, 1.82) is 0 Å². The van der Waals surface area contributed by atoms with Crippen LogP contribution in [0.25, 0.3) is 17.2 Å². The van der Waals surface area contributed by atoms with Crippen molar-refractivity contribution in [1.82, 2.24) is 4.98 Å². The number of hydrogen-bond donors (Lipinski definition) is 1. The lowest BCUT2D eigenvalue weighted by molar-refractivity contribution is -0.384. The number of carbonyl (C=O) groups excluding carboxylic acids is 1. The summed E-state index contributed by atoms with van der Waals surface area (Å²) in [5.41, 5.74) is 1.35. The molecule has 0 bridgehead atoms. The van der Waals surface area contributed by atoms with Gasteiger partial charge < -0.3 is 4.42 Å². The Morgan fingerprint density at radius 1 is 1.24 bits per heavy atom. The lowest BCUT2D eigenvalue weighted by Gasteiger charge is -1.98. The van der Waals surface area contributed by atoms with Crippen LogP contribution in [0.2, 0.25) is 10.0 Å². The van der Waals surface area contributed by atoms with Gasteiger partial charge in [-0.15, -0.1) is 0 Å². The van der Waals surface area contributed by atoms with Crippen molar-refractivity contribution in [2.24, 2.45) is 0 Å². The molecule has 126 valence electrons. The first-order valence-electron chi connectivity index (χ1n) is 6.91. The number of oxazole rings is 1. The molecule has 0 spiro atoms. The highest BCUT2D eigenvalue weighted by atomic mass is 35.5. The zero-order chi connectivity index (χ0) is 18.0. The maximum absolute atomic E-state index is 11.9. The summed E-state index contributed by atoms with van der Waals surface area (Å²) in [5.74, 6) is -0.480. The van der Waals surface area contributed by atoms with Gasteiger partial charge >= 0.3 is 6.01 Å². The molecule has 2 aromatic carbocycles. The van der Waals surface area contributed by atoms with Gasteiger partial charge in [0.05, 0.1) is 4.92 Å². The summed E-state index contributed by atoms with van der Waals surface area (Å²) in [5, 5.41) is 13.7. The SMILES string of the molecule is O=C(C=Cc1ccc([N+](=O)[O-])c(Cl)c1)Nc1nc2cc(Cl)ccc2o1. The summed E-state index contributed by atoms with van der Waals surface area (Å²) < 4.78 is 5.38. The van der Waals surface area contributed by atoms with Crippen molar-refractivity contribution in [3.63, 3.8) is 0 Å². The quantitative estimate of drug-likeness (QED) is 0.403. The van der Waals surface area contributed by atoms with Crippen LogP contribution in [0.15, 0.2) is 46.9 Å². The summed E-state index contributed by atoms with van der Waals surface area (Å²) in [6, 6.07) is 9.09. The lowest BCUT2D eigenvalue weighted by atomic mass is 10.2. The number of nitrogens with zero attached hydrogens (tertiary/aromatic N) is 2. The van der Waals surface area contributed by atoms with Gasteiger partial charge in [0.25, 0.3) is 11.6 Å². The van der Waals surface area contributed by atoms with E-state index in [9.17, 15) is 14.9 Å². The first kappa shape index (κ1) is 16.9. The van der Waals surface area contributed by atoms with Gasteiger partial charge in [0.15, 0.2) is 5.58 Å². The minimum Gasteiger partial charge on any atom is -0.423 e. The van der Waals surface area contributed by atoms with E-state index in [1.54, 1.807) is 18.2 Å². The first-order valence-corrected chi connectivity index (χ1v) is 7.67. The van der Waals surface area contributed by atoms with Crippen LogP contribution in [0.5, 0.6) is 0 Å². The van der Waals surface area contributed by atoms with Gasteiger partial charge in [0.1, 0.15) is 10.5 Å². The number of halogens is 2. The molecule has 0 aliphatic carbocycles. The maximum Gasteiger partial charge on any atom is 0.302 e. The normalized spacial score (nSPS) is 11.1. The molecular formula is C16H9Cl2N3O4. The average Bonchev–Trinajstić information content (AvgIpc) is 2.93. The Morgan fingerprint density at radius 3 is 2.76 bits per heavy atom. The highest BCUT2D eigenvalue weighted by Crippen LogP contribution is 2.25. The van der Waals surface area contributed by atoms with Crippen molar-refractivity contribution < 1.29 is 14.1 Å². The molecule has 0 fully saturated rings. The van der Waals surface area contributed by atoms with Crippen molar-refractivity contribution in [2.45, 2.75) is 0 Å². The number of aromatic nitrogens is 1. The third kappa shape index (κ3) is 3.96. The molecule has 0 aliphatic heterocycles. The predicted molar refractivity (Wildman–Crippen MR) is 94.8 cm³/mol. The summed E-state index contributed by atoms with van der Waals surface area (Å²) >= 11 is 11.7. The van der Waals surface area contributed by atoms with Gasteiger partial charge in [-0.1, -0.05) is 23.2 Å². The van der Waals surface area contributed by atoms with Crippen LogP contribution in [-0.2, 0) is 4.79 Å². The molecule has 3 rings (SSSR count). The summed E-state index contributed by atoms with van der Waals surface area (Å²) in [7, 11) is 0. The van der Waals surface area contributed by atoms with E-state index >= 15 is 0 Å². The molecule has 3 aromatic rings. The van der Waals surface area contributed by atoms with Crippen LogP contribution in [0.4, 0.5) is 11.7 Å². The Morgan fingerprint density at radius 2 is 2.04 bits per heavy atom. The number of fused-ring (bicyclic) bond motifs is 1. The fourth-order valence-electron chi connectivity index (χ4n) is 2.05. The maximum atomic E-state index is 11.9. The van der Waals surface area contributed by atoms with E-state index in [0.717, 1.165) is 0 Å². The molecule has 0 atom stereocenters. The summed E-state index contributed by atoms with van der Waals surface area (Å²) in [6.45, 7) is 0. The van der Waals surface area contributed by atoms with Crippen LogP contribution >= 0.6 is 23.2 Å². The fourth-order valence-corrected chi connectivity index (χ4v) is 2.47. The van der Waals surface area contributed by atoms with Crippen molar-refractivity contribution in [2.75, 3.05) is 5.32 Å². The van der Waals surface area contributed by atoms with Gasteiger partial charge in [-0.2, -0.15) is 4.98 Å². The zero-order valence-electron chi connectivity index (χ0n) is 12.4. The molecule has 1 N–H and O–H groups in total. The molecule has 0 aliphatic rings. The van der Waals surface area contributed by atoms with Gasteiger partial charge in [0.2, 0.25) is 0 Å². The minimum absolute atomic E-state index is 0.0108. The van der Waals surface area contributed by atoms with Gasteiger partial charge in [-0.25, -0.2) is 0 Å². The highest BCUT2D eigenvalue weighted by molar-refractivity contribution is 6.32. The Hall–Kier alpha value is -2.90. The predicted octanol–water partition coefficient (Wildman–Crippen LogP) is 4.69. The molecule has 1 amide bonds. The lowest BCUT2D eigenvalue weighted by Crippen LogP contribution is -2.07. The molecule has 1 aromatic heterocycles. The second-order valence-electron chi connectivity index (χ2n) is 4.92. The molecule has 0 saturated heterocycles. The Labute approximate surface area is 151 Å². The van der Waals surface area contributed by atoms with E-state index in [1.165, 1.54) is 30.4 Å². The van der Waals surface area contributed by atoms with Gasteiger partial charge in [0, 0.05) is 17.2 Å². The van der Waals surface area contributed by atoms with Crippen LogP contribution in [0, 0.1) is 10.1 Å². The molecule has 7 nitrogen and oxygen atoms in total. The number of hydrogen-bond acceptors (Lipinski definition) is 5. The van der Waals surface area contributed by atoms with E-state index in [4.69, 9.17) is 27.6 Å². The van der Waals surface area contributed by atoms with E-state index in [0.29, 0.717) is 21.7 Å². The van der Waals surface area contributed by atoms with Crippen LogP contribution < -0.4 is 5.32 Å². The topological polar surface area (TPSA) is 98.3 Å². The monoisotopic (exact) mass is 377 g/mol. The minimum atomic E-state index is -0.581. The molecule has 0 unspecified atom stereocenters. The van der Waals surface area contributed by atoms with Crippen LogP contribution in [0.1, 0.15) is 5.56 Å². The molecule has 0 radical (unpaired) electrons. The van der Waals surface area contributed by atoms with E-state index in [-0.39, 0.29) is 16.7 Å². The third-order valence-corrected chi connectivity index (χ3v) is 3.71. The van der Waals surface area contributed by atoms with Gasteiger partial charge in [-0.05, 0) is 42.0 Å². The highest BCUT2D eigenvalue weighted by Gasteiger charge is 2.11. The average molecular weight is 378 g/mol. The smallest absolute Gasteiger partial charge is 0.302 e. The number of nitro groups is 1. The van der Waals surface area contributed by atoms with Crippen molar-refractivity contribution >= 4 is 58.0 Å². The Bertz CT molecular complexity index is 1010. The van der Waals surface area contributed by atoms with Gasteiger partial charge in [-0.3, -0.25) is 20.2 Å². The number of carbonyl (C=O) groups is 1. The zero-order valence-corrected chi connectivity index (χ0v) is 13.9. The first-order chi connectivity index (χ1) is 11.9. The van der Waals surface area contributed by atoms with Crippen molar-refractivity contribution in [3.05, 3.63) is 68.2 Å². The summed E-state index contributed by atoms with van der Waals surface area (Å²) in [4.78, 5) is 26.2. The molecular weight excluding hydrogens is 369 g/mol. The van der Waals surface area contributed by atoms with E-state index in [2.05, 4.69) is 10.3 Å². The number of amides is 1. The number of nitrogens with one attached hydrogen (secondary N) is 1. The molecule has 25 heavy (non-hydrogen) atoms. The number of benzene rings is 2. The second kappa shape index (κ2) is 6.92. The Balaban J connectivity index is 1.71. The van der Waals surface area contributed by atoms with E-state index < -0.39 is 10.8 Å². The molecule has 9 heteroatoms. The van der Waals surface area contributed by atoms with Crippen molar-refractivity contribution in [3.8, 4) is 0 Å².